The Morgan fingerprint density at radius 3 is 2.51 bits per heavy atom. The van der Waals surface area contributed by atoms with E-state index < -0.39 is 18.2 Å². The predicted molar refractivity (Wildman–Crippen MR) is 167 cm³/mol. The van der Waals surface area contributed by atoms with E-state index in [1.165, 1.54) is 4.90 Å². The van der Waals surface area contributed by atoms with E-state index in [0.717, 1.165) is 0 Å². The zero-order valence-corrected chi connectivity index (χ0v) is 25.5. The van der Waals surface area contributed by atoms with Crippen molar-refractivity contribution in [1.82, 2.24) is 9.80 Å². The van der Waals surface area contributed by atoms with Gasteiger partial charge < -0.3 is 49.8 Å². The summed E-state index contributed by atoms with van der Waals surface area (Å²) in [6.07, 6.45) is -0.592. The molecule has 238 valence electrons. The van der Waals surface area contributed by atoms with Crippen molar-refractivity contribution < 1.29 is 38.4 Å². The summed E-state index contributed by atoms with van der Waals surface area (Å²) in [6, 6.07) is 15.5. The molecule has 0 aliphatic carbocycles. The monoisotopic (exact) mass is 619 g/mol. The van der Waals surface area contributed by atoms with Crippen LogP contribution in [0.1, 0.15) is 24.2 Å². The number of amides is 5. The summed E-state index contributed by atoms with van der Waals surface area (Å²) in [6.45, 7) is 3.99. The van der Waals surface area contributed by atoms with Crippen LogP contribution < -0.4 is 34.9 Å². The maximum absolute atomic E-state index is 13.7. The molecule has 0 saturated carbocycles. The number of methoxy groups -OCH3 is 1. The van der Waals surface area contributed by atoms with Crippen molar-refractivity contribution in [3.63, 3.8) is 0 Å². The average molecular weight is 620 g/mol. The van der Waals surface area contributed by atoms with Crippen LogP contribution in [0, 0.1) is 5.92 Å². The zero-order chi connectivity index (χ0) is 32.1. The highest BCUT2D eigenvalue weighted by Crippen LogP contribution is 2.36. The Morgan fingerprint density at radius 2 is 1.78 bits per heavy atom. The number of benzene rings is 3. The van der Waals surface area contributed by atoms with Crippen molar-refractivity contribution in [3.05, 3.63) is 66.2 Å². The van der Waals surface area contributed by atoms with Gasteiger partial charge in [0.05, 0.1) is 37.6 Å². The van der Waals surface area contributed by atoms with Gasteiger partial charge in [0, 0.05) is 37.0 Å². The van der Waals surface area contributed by atoms with Gasteiger partial charge in [0.1, 0.15) is 11.9 Å². The second-order valence-corrected chi connectivity index (χ2v) is 11.0. The molecule has 0 bridgehead atoms. The molecule has 0 fully saturated rings. The van der Waals surface area contributed by atoms with E-state index in [-0.39, 0.29) is 61.3 Å². The van der Waals surface area contributed by atoms with Crippen LogP contribution in [0.3, 0.4) is 0 Å². The first kappa shape index (κ1) is 31.3. The molecule has 13 nitrogen and oxygen atoms in total. The van der Waals surface area contributed by atoms with Gasteiger partial charge in [-0.15, -0.1) is 0 Å². The Kier molecular flexibility index (Phi) is 9.48. The van der Waals surface area contributed by atoms with E-state index in [2.05, 4.69) is 16.0 Å². The number of rotatable bonds is 8. The van der Waals surface area contributed by atoms with Gasteiger partial charge in [0.25, 0.3) is 5.91 Å². The summed E-state index contributed by atoms with van der Waals surface area (Å²) < 4.78 is 22.4. The van der Waals surface area contributed by atoms with Crippen molar-refractivity contribution in [1.29, 1.82) is 0 Å². The number of carbonyl (C=O) groups excluding carboxylic acids is 3. The minimum atomic E-state index is -0.592. The van der Waals surface area contributed by atoms with E-state index >= 15 is 0 Å². The van der Waals surface area contributed by atoms with E-state index in [1.807, 2.05) is 6.92 Å². The van der Waals surface area contributed by atoms with Crippen LogP contribution in [0.15, 0.2) is 60.7 Å². The van der Waals surface area contributed by atoms with Crippen molar-refractivity contribution in [3.8, 4) is 23.0 Å². The number of para-hydroxylation sites is 1. The van der Waals surface area contributed by atoms with Gasteiger partial charge in [-0.05, 0) is 55.5 Å². The molecule has 3 atom stereocenters. The highest BCUT2D eigenvalue weighted by Gasteiger charge is 2.35. The van der Waals surface area contributed by atoms with Crippen LogP contribution in [0.25, 0.3) is 0 Å². The third-order valence-corrected chi connectivity index (χ3v) is 7.71. The molecule has 0 unspecified atom stereocenters. The van der Waals surface area contributed by atoms with E-state index in [0.29, 0.717) is 28.6 Å². The van der Waals surface area contributed by atoms with Crippen LogP contribution in [0.2, 0.25) is 0 Å². The molecule has 0 radical (unpaired) electrons. The normalized spacial score (nSPS) is 17.6. The number of nitrogens with one attached hydrogen (secondary N) is 3. The van der Waals surface area contributed by atoms with Crippen LogP contribution >= 0.6 is 0 Å². The van der Waals surface area contributed by atoms with Crippen molar-refractivity contribution in [2.24, 2.45) is 5.92 Å². The first-order chi connectivity index (χ1) is 21.7. The van der Waals surface area contributed by atoms with Crippen LogP contribution in [-0.2, 0) is 0 Å². The fourth-order valence-corrected chi connectivity index (χ4v) is 5.06. The number of aliphatic hydroxyl groups is 1. The van der Waals surface area contributed by atoms with Gasteiger partial charge in [-0.3, -0.25) is 4.79 Å². The number of urea groups is 2. The van der Waals surface area contributed by atoms with Gasteiger partial charge in [0.15, 0.2) is 17.2 Å². The van der Waals surface area contributed by atoms with Gasteiger partial charge >= 0.3 is 12.1 Å². The average Bonchev–Trinajstić information content (AvgIpc) is 3.51. The molecule has 0 aromatic heterocycles. The smallest absolute Gasteiger partial charge is 0.323 e. The third-order valence-electron chi connectivity index (χ3n) is 7.71. The molecular weight excluding hydrogens is 582 g/mol. The first-order valence-electron chi connectivity index (χ1n) is 14.5. The van der Waals surface area contributed by atoms with Crippen LogP contribution in [0.5, 0.6) is 23.0 Å². The quantitative estimate of drug-likeness (QED) is 0.289. The Labute approximate surface area is 261 Å². The number of carbonyl (C=O) groups is 3. The van der Waals surface area contributed by atoms with Gasteiger partial charge in [-0.1, -0.05) is 13.0 Å². The van der Waals surface area contributed by atoms with E-state index in [9.17, 15) is 19.5 Å². The summed E-state index contributed by atoms with van der Waals surface area (Å²) in [7, 11) is 3.20. The fraction of sp³-hybridized carbons (Fsp3) is 0.344. The molecule has 5 rings (SSSR count). The Hall–Kier alpha value is -5.17. The lowest BCUT2D eigenvalue weighted by Crippen LogP contribution is -2.50. The standard InChI is InChI=1S/C32H37N5O8/c1-19-15-37(20(2)17-38)30(39)24-6-5-7-25(35-31(40)33-21-8-11-23(42-4)12-9-21)29(24)45-28(19)16-36(3)32(41)34-22-10-13-26-27(14-22)44-18-43-26/h5-14,19-20,28,38H,15-18H2,1-4H3,(H,34,41)(H2,33,35,40)/t19-,20-,28+/m1/s1. The summed E-state index contributed by atoms with van der Waals surface area (Å²) in [5, 5.41) is 18.4. The van der Waals surface area contributed by atoms with Gasteiger partial charge in [-0.25, -0.2) is 9.59 Å². The minimum absolute atomic E-state index is 0.124. The fourth-order valence-electron chi connectivity index (χ4n) is 5.06. The number of aliphatic hydroxyl groups excluding tert-OH is 1. The lowest BCUT2D eigenvalue weighted by molar-refractivity contribution is 0.0373. The van der Waals surface area contributed by atoms with Gasteiger partial charge in [0.2, 0.25) is 6.79 Å². The second kappa shape index (κ2) is 13.6. The van der Waals surface area contributed by atoms with Gasteiger partial charge in [-0.2, -0.15) is 0 Å². The number of fused-ring (bicyclic) bond motifs is 2. The van der Waals surface area contributed by atoms with Crippen LogP contribution in [0.4, 0.5) is 26.7 Å². The summed E-state index contributed by atoms with van der Waals surface area (Å²) in [4.78, 5) is 43.0. The summed E-state index contributed by atoms with van der Waals surface area (Å²) >= 11 is 0. The molecule has 0 saturated heterocycles. The Balaban J connectivity index is 1.38. The Bertz CT molecular complexity index is 1550. The second-order valence-electron chi connectivity index (χ2n) is 11.0. The molecule has 13 heteroatoms. The molecule has 2 aliphatic heterocycles. The number of likely N-dealkylation sites (N-methyl/N-ethyl adjacent to an activating group) is 1. The number of anilines is 3. The molecule has 2 aliphatic rings. The maximum Gasteiger partial charge on any atom is 0.323 e. The minimum Gasteiger partial charge on any atom is -0.497 e. The third kappa shape index (κ3) is 7.15. The lowest BCUT2D eigenvalue weighted by Gasteiger charge is -2.38. The number of nitrogens with zero attached hydrogens (tertiary/aromatic N) is 2. The van der Waals surface area contributed by atoms with Crippen LogP contribution in [-0.4, -0.2) is 85.7 Å². The van der Waals surface area contributed by atoms with E-state index in [1.54, 1.807) is 86.6 Å². The molecular formula is C32H37N5O8. The molecule has 0 spiro atoms. The number of hydrogen-bond donors (Lipinski definition) is 4. The number of hydrogen-bond acceptors (Lipinski definition) is 8. The Morgan fingerprint density at radius 1 is 1.04 bits per heavy atom. The summed E-state index contributed by atoms with van der Waals surface area (Å²) in [5.41, 5.74) is 1.57. The van der Waals surface area contributed by atoms with E-state index in [4.69, 9.17) is 18.9 Å². The predicted octanol–water partition coefficient (Wildman–Crippen LogP) is 4.45. The molecule has 3 aromatic rings. The summed E-state index contributed by atoms with van der Waals surface area (Å²) in [5.74, 6) is 1.36. The lowest BCUT2D eigenvalue weighted by atomic mass is 9.99. The largest absolute Gasteiger partial charge is 0.497 e. The zero-order valence-electron chi connectivity index (χ0n) is 25.5. The number of ether oxygens (including phenoxy) is 4. The van der Waals surface area contributed by atoms with Crippen molar-refractivity contribution >= 4 is 35.0 Å². The highest BCUT2D eigenvalue weighted by molar-refractivity contribution is 6.04. The maximum atomic E-state index is 13.7. The first-order valence-corrected chi connectivity index (χ1v) is 14.5. The molecule has 3 aromatic carbocycles. The van der Waals surface area contributed by atoms with Crippen molar-refractivity contribution in [2.45, 2.75) is 26.0 Å². The molecule has 5 amide bonds. The van der Waals surface area contributed by atoms with Crippen molar-refractivity contribution in [2.75, 3.05) is 56.6 Å². The highest BCUT2D eigenvalue weighted by atomic mass is 16.7. The molecule has 4 N–H and O–H groups in total. The molecule has 2 heterocycles. The SMILES string of the molecule is COc1ccc(NC(=O)Nc2cccc3c2O[C@@H](CN(C)C(=O)Nc2ccc4c(c2)OCO4)[C@H](C)CN([C@H](C)CO)C3=O)cc1. The molecule has 45 heavy (non-hydrogen) atoms. The topological polar surface area (TPSA) is 151 Å².